The van der Waals surface area contributed by atoms with Crippen LogP contribution in [0, 0.1) is 12.7 Å². The zero-order valence-corrected chi connectivity index (χ0v) is 15.8. The summed E-state index contributed by atoms with van der Waals surface area (Å²) in [5.41, 5.74) is 2.19. The number of hydrogen-bond donors (Lipinski definition) is 1. The number of hydrogen-bond acceptors (Lipinski definition) is 4. The van der Waals surface area contributed by atoms with Crippen LogP contribution >= 0.6 is 0 Å². The standard InChI is InChI=1S/C23H20FNO4/c1-16-7-11-19(12-8-16)25-23(27)22(17-5-3-2-4-6-17)29-21(26)15-28-20-13-9-18(24)10-14-20/h2-14,22H,15H2,1H3,(H,25,27)/t22-/m0/s1. The predicted octanol–water partition coefficient (Wildman–Crippen LogP) is 4.44. The molecule has 0 aromatic heterocycles. The van der Waals surface area contributed by atoms with Crippen molar-refractivity contribution in [1.29, 1.82) is 0 Å². The minimum Gasteiger partial charge on any atom is -0.482 e. The van der Waals surface area contributed by atoms with Crippen molar-refractivity contribution >= 4 is 17.6 Å². The zero-order chi connectivity index (χ0) is 20.6. The largest absolute Gasteiger partial charge is 0.482 e. The van der Waals surface area contributed by atoms with E-state index in [2.05, 4.69) is 5.32 Å². The molecule has 0 aliphatic rings. The van der Waals surface area contributed by atoms with E-state index in [1.165, 1.54) is 24.3 Å². The van der Waals surface area contributed by atoms with Crippen molar-refractivity contribution in [3.63, 3.8) is 0 Å². The summed E-state index contributed by atoms with van der Waals surface area (Å²) in [5, 5.41) is 2.75. The Morgan fingerprint density at radius 1 is 0.931 bits per heavy atom. The zero-order valence-electron chi connectivity index (χ0n) is 15.8. The molecule has 1 N–H and O–H groups in total. The average Bonchev–Trinajstić information content (AvgIpc) is 2.74. The highest BCUT2D eigenvalue weighted by molar-refractivity contribution is 5.96. The van der Waals surface area contributed by atoms with Gasteiger partial charge < -0.3 is 14.8 Å². The number of carbonyl (C=O) groups is 2. The highest BCUT2D eigenvalue weighted by Crippen LogP contribution is 2.21. The molecule has 0 unspecified atom stereocenters. The Labute approximate surface area is 168 Å². The van der Waals surface area contributed by atoms with Crippen LogP contribution in [0.2, 0.25) is 0 Å². The molecule has 6 heteroatoms. The molecule has 148 valence electrons. The first kappa shape index (κ1) is 20.1. The van der Waals surface area contributed by atoms with Crippen molar-refractivity contribution in [2.45, 2.75) is 13.0 Å². The molecule has 0 bridgehead atoms. The van der Waals surface area contributed by atoms with Crippen LogP contribution in [-0.2, 0) is 14.3 Å². The number of halogens is 1. The fraction of sp³-hybridized carbons (Fsp3) is 0.130. The highest BCUT2D eigenvalue weighted by Gasteiger charge is 2.25. The molecular weight excluding hydrogens is 373 g/mol. The Balaban J connectivity index is 1.68. The first-order valence-electron chi connectivity index (χ1n) is 9.01. The summed E-state index contributed by atoms with van der Waals surface area (Å²) in [7, 11) is 0. The maximum Gasteiger partial charge on any atom is 0.345 e. The van der Waals surface area contributed by atoms with E-state index in [1.807, 2.05) is 19.1 Å². The van der Waals surface area contributed by atoms with Gasteiger partial charge in [-0.1, -0.05) is 48.0 Å². The van der Waals surface area contributed by atoms with Crippen LogP contribution in [0.25, 0.3) is 0 Å². The Bertz CT molecular complexity index is 956. The molecule has 0 aliphatic carbocycles. The third-order valence-corrected chi connectivity index (χ3v) is 4.08. The number of esters is 1. The molecule has 0 fully saturated rings. The number of nitrogens with one attached hydrogen (secondary N) is 1. The third kappa shape index (κ3) is 5.90. The molecule has 1 atom stereocenters. The third-order valence-electron chi connectivity index (χ3n) is 4.08. The van der Waals surface area contributed by atoms with E-state index in [0.717, 1.165) is 5.56 Å². The van der Waals surface area contributed by atoms with Crippen LogP contribution in [0.15, 0.2) is 78.9 Å². The van der Waals surface area contributed by atoms with Crippen molar-refractivity contribution in [1.82, 2.24) is 0 Å². The van der Waals surface area contributed by atoms with Crippen molar-refractivity contribution in [2.24, 2.45) is 0 Å². The summed E-state index contributed by atoms with van der Waals surface area (Å²) >= 11 is 0. The van der Waals surface area contributed by atoms with E-state index in [-0.39, 0.29) is 0 Å². The Morgan fingerprint density at radius 2 is 1.59 bits per heavy atom. The van der Waals surface area contributed by atoms with E-state index in [9.17, 15) is 14.0 Å². The van der Waals surface area contributed by atoms with Crippen LogP contribution in [0.1, 0.15) is 17.2 Å². The van der Waals surface area contributed by atoms with Gasteiger partial charge in [-0.15, -0.1) is 0 Å². The quantitative estimate of drug-likeness (QED) is 0.603. The van der Waals surface area contributed by atoms with Gasteiger partial charge in [-0.05, 0) is 43.3 Å². The van der Waals surface area contributed by atoms with Gasteiger partial charge >= 0.3 is 5.97 Å². The SMILES string of the molecule is Cc1ccc(NC(=O)[C@@H](OC(=O)COc2ccc(F)cc2)c2ccccc2)cc1. The van der Waals surface area contributed by atoms with Gasteiger partial charge in [-0.25, -0.2) is 9.18 Å². The molecule has 5 nitrogen and oxygen atoms in total. The maximum atomic E-state index is 12.9. The van der Waals surface area contributed by atoms with Crippen molar-refractivity contribution in [3.8, 4) is 5.75 Å². The molecule has 0 saturated heterocycles. The summed E-state index contributed by atoms with van der Waals surface area (Å²) in [6.45, 7) is 1.54. The lowest BCUT2D eigenvalue weighted by atomic mass is 10.1. The van der Waals surface area contributed by atoms with Crippen LogP contribution in [-0.4, -0.2) is 18.5 Å². The molecular formula is C23H20FNO4. The second-order valence-electron chi connectivity index (χ2n) is 6.38. The molecule has 0 saturated carbocycles. The number of amides is 1. The minimum absolute atomic E-state index is 0.323. The molecule has 0 aliphatic heterocycles. The number of ether oxygens (including phenoxy) is 2. The number of carbonyl (C=O) groups excluding carboxylic acids is 2. The Kier molecular flexibility index (Phi) is 6.58. The first-order valence-corrected chi connectivity index (χ1v) is 9.01. The van der Waals surface area contributed by atoms with E-state index in [0.29, 0.717) is 17.0 Å². The lowest BCUT2D eigenvalue weighted by Crippen LogP contribution is -2.28. The maximum absolute atomic E-state index is 12.9. The summed E-state index contributed by atoms with van der Waals surface area (Å²) in [4.78, 5) is 25.0. The topological polar surface area (TPSA) is 64.6 Å². The molecule has 0 spiro atoms. The second kappa shape index (κ2) is 9.50. The molecule has 3 aromatic rings. The summed E-state index contributed by atoms with van der Waals surface area (Å²) in [6.07, 6.45) is -1.14. The molecule has 3 aromatic carbocycles. The Morgan fingerprint density at radius 3 is 2.24 bits per heavy atom. The van der Waals surface area contributed by atoms with E-state index < -0.39 is 30.4 Å². The van der Waals surface area contributed by atoms with Crippen LogP contribution in [0.3, 0.4) is 0 Å². The first-order chi connectivity index (χ1) is 14.0. The Hall–Kier alpha value is -3.67. The van der Waals surface area contributed by atoms with E-state index >= 15 is 0 Å². The van der Waals surface area contributed by atoms with Gasteiger partial charge in [-0.2, -0.15) is 0 Å². The monoisotopic (exact) mass is 393 g/mol. The van der Waals surface area contributed by atoms with Crippen LogP contribution in [0.4, 0.5) is 10.1 Å². The van der Waals surface area contributed by atoms with Gasteiger partial charge in [0.25, 0.3) is 5.91 Å². The smallest absolute Gasteiger partial charge is 0.345 e. The normalized spacial score (nSPS) is 11.4. The van der Waals surface area contributed by atoms with Crippen molar-refractivity contribution in [3.05, 3.63) is 95.8 Å². The fourth-order valence-corrected chi connectivity index (χ4v) is 2.58. The number of anilines is 1. The molecule has 0 heterocycles. The average molecular weight is 393 g/mol. The minimum atomic E-state index is -1.14. The van der Waals surface area contributed by atoms with Gasteiger partial charge in [0.15, 0.2) is 6.61 Å². The van der Waals surface area contributed by atoms with E-state index in [4.69, 9.17) is 9.47 Å². The summed E-state index contributed by atoms with van der Waals surface area (Å²) in [5.74, 6) is -1.28. The van der Waals surface area contributed by atoms with Gasteiger partial charge in [0.05, 0.1) is 0 Å². The molecule has 29 heavy (non-hydrogen) atoms. The van der Waals surface area contributed by atoms with Crippen LogP contribution < -0.4 is 10.1 Å². The lowest BCUT2D eigenvalue weighted by Gasteiger charge is -2.18. The molecule has 3 rings (SSSR count). The number of benzene rings is 3. The fourth-order valence-electron chi connectivity index (χ4n) is 2.58. The van der Waals surface area contributed by atoms with Gasteiger partial charge in [0, 0.05) is 11.3 Å². The van der Waals surface area contributed by atoms with Gasteiger partial charge in [-0.3, -0.25) is 4.79 Å². The summed E-state index contributed by atoms with van der Waals surface area (Å²) < 4.78 is 23.6. The summed E-state index contributed by atoms with van der Waals surface area (Å²) in [6, 6.07) is 21.3. The van der Waals surface area contributed by atoms with Crippen molar-refractivity contribution < 1.29 is 23.5 Å². The number of rotatable bonds is 7. The van der Waals surface area contributed by atoms with Gasteiger partial charge in [0.1, 0.15) is 11.6 Å². The molecule has 0 radical (unpaired) electrons. The number of aryl methyl sites for hydroxylation is 1. The lowest BCUT2D eigenvalue weighted by molar-refractivity contribution is -0.156. The van der Waals surface area contributed by atoms with E-state index in [1.54, 1.807) is 42.5 Å². The molecule has 1 amide bonds. The van der Waals surface area contributed by atoms with Gasteiger partial charge in [0.2, 0.25) is 6.10 Å². The van der Waals surface area contributed by atoms with Crippen molar-refractivity contribution in [2.75, 3.05) is 11.9 Å². The second-order valence-corrected chi connectivity index (χ2v) is 6.38. The highest BCUT2D eigenvalue weighted by atomic mass is 19.1. The van der Waals surface area contributed by atoms with Crippen LogP contribution in [0.5, 0.6) is 5.75 Å². The predicted molar refractivity (Wildman–Crippen MR) is 107 cm³/mol.